The molecule has 0 fully saturated rings. The van der Waals surface area contributed by atoms with Crippen molar-refractivity contribution >= 4 is 5.52 Å². The minimum absolute atomic E-state index is 0.500. The Labute approximate surface area is 84.6 Å². The molecule has 0 bridgehead atoms. The summed E-state index contributed by atoms with van der Waals surface area (Å²) in [6.07, 6.45) is 3.17. The number of nitrogens with zero attached hydrogens (tertiary/aromatic N) is 2. The number of fused-ring (bicyclic) bond motifs is 1. The number of aromatic nitrogens is 2. The predicted octanol–water partition coefficient (Wildman–Crippen LogP) is 3.02. The summed E-state index contributed by atoms with van der Waals surface area (Å²) < 4.78 is 1.98. The van der Waals surface area contributed by atoms with E-state index in [0.29, 0.717) is 5.92 Å². The first-order valence-corrected chi connectivity index (χ1v) is 5.19. The first-order chi connectivity index (χ1) is 6.70. The van der Waals surface area contributed by atoms with E-state index < -0.39 is 0 Å². The Morgan fingerprint density at radius 2 is 2.14 bits per heavy atom. The van der Waals surface area contributed by atoms with Crippen LogP contribution in [0, 0.1) is 0 Å². The number of aryl methyl sites for hydroxylation is 1. The molecule has 0 aliphatic carbocycles. The van der Waals surface area contributed by atoms with Gasteiger partial charge >= 0.3 is 0 Å². The van der Waals surface area contributed by atoms with Crippen LogP contribution in [-0.4, -0.2) is 9.61 Å². The molecule has 0 amide bonds. The summed E-state index contributed by atoms with van der Waals surface area (Å²) in [5.41, 5.74) is 3.68. The fourth-order valence-electron chi connectivity index (χ4n) is 1.54. The molecule has 2 aromatic rings. The predicted molar refractivity (Wildman–Crippen MR) is 58.7 cm³/mol. The summed E-state index contributed by atoms with van der Waals surface area (Å²) in [6, 6.07) is 6.46. The lowest BCUT2D eigenvalue weighted by Crippen LogP contribution is -1.92. The highest BCUT2D eigenvalue weighted by atomic mass is 15.2. The van der Waals surface area contributed by atoms with Gasteiger partial charge in [0.15, 0.2) is 0 Å². The molecule has 2 aromatic heterocycles. The molecule has 2 nitrogen and oxygen atoms in total. The zero-order valence-electron chi connectivity index (χ0n) is 8.99. The van der Waals surface area contributed by atoms with Crippen molar-refractivity contribution in [1.82, 2.24) is 9.61 Å². The third-order valence-corrected chi connectivity index (χ3v) is 2.54. The monoisotopic (exact) mass is 188 g/mol. The van der Waals surface area contributed by atoms with Gasteiger partial charge in [0.05, 0.1) is 11.2 Å². The van der Waals surface area contributed by atoms with Crippen LogP contribution in [-0.2, 0) is 6.42 Å². The second-order valence-corrected chi connectivity index (χ2v) is 3.98. The summed E-state index contributed by atoms with van der Waals surface area (Å²) >= 11 is 0. The first kappa shape index (κ1) is 9.25. The van der Waals surface area contributed by atoms with Crippen LogP contribution < -0.4 is 0 Å². The summed E-state index contributed by atoms with van der Waals surface area (Å²) in [5, 5.41) is 4.54. The van der Waals surface area contributed by atoms with E-state index in [9.17, 15) is 0 Å². The van der Waals surface area contributed by atoms with Gasteiger partial charge in [-0.25, -0.2) is 4.52 Å². The van der Waals surface area contributed by atoms with Gasteiger partial charge in [0.25, 0.3) is 0 Å². The Hall–Kier alpha value is -1.31. The number of hydrogen-bond acceptors (Lipinski definition) is 1. The van der Waals surface area contributed by atoms with Crippen molar-refractivity contribution in [2.75, 3.05) is 0 Å². The van der Waals surface area contributed by atoms with Crippen LogP contribution in [0.2, 0.25) is 0 Å². The highest BCUT2D eigenvalue weighted by Gasteiger charge is 2.04. The maximum absolute atomic E-state index is 4.54. The summed E-state index contributed by atoms with van der Waals surface area (Å²) in [5.74, 6) is 0.500. The van der Waals surface area contributed by atoms with Gasteiger partial charge in [-0.1, -0.05) is 26.8 Å². The smallest absolute Gasteiger partial charge is 0.0664 e. The van der Waals surface area contributed by atoms with E-state index in [1.165, 1.54) is 16.8 Å². The fourth-order valence-corrected chi connectivity index (χ4v) is 1.54. The van der Waals surface area contributed by atoms with Crippen molar-refractivity contribution in [3.05, 3.63) is 35.7 Å². The molecule has 74 valence electrons. The van der Waals surface area contributed by atoms with E-state index >= 15 is 0 Å². The van der Waals surface area contributed by atoms with Crippen LogP contribution >= 0.6 is 0 Å². The van der Waals surface area contributed by atoms with Gasteiger partial charge in [-0.05, 0) is 30.0 Å². The second kappa shape index (κ2) is 3.45. The lowest BCUT2D eigenvalue weighted by Gasteiger charge is -1.97. The summed E-state index contributed by atoms with van der Waals surface area (Å²) in [6.45, 7) is 6.50. The minimum Gasteiger partial charge on any atom is -0.240 e. The summed E-state index contributed by atoms with van der Waals surface area (Å²) in [7, 11) is 0. The Morgan fingerprint density at radius 3 is 2.79 bits per heavy atom. The van der Waals surface area contributed by atoms with Crippen LogP contribution in [0.4, 0.5) is 0 Å². The van der Waals surface area contributed by atoms with Gasteiger partial charge in [0.2, 0.25) is 0 Å². The van der Waals surface area contributed by atoms with E-state index in [-0.39, 0.29) is 0 Å². The molecule has 0 saturated heterocycles. The van der Waals surface area contributed by atoms with Gasteiger partial charge in [0, 0.05) is 6.20 Å². The van der Waals surface area contributed by atoms with Crippen molar-refractivity contribution in [1.29, 1.82) is 0 Å². The largest absolute Gasteiger partial charge is 0.240 e. The zero-order chi connectivity index (χ0) is 10.1. The quantitative estimate of drug-likeness (QED) is 0.708. The molecule has 0 radical (unpaired) electrons. The topological polar surface area (TPSA) is 17.3 Å². The molecule has 0 aliphatic rings. The van der Waals surface area contributed by atoms with Crippen molar-refractivity contribution in [3.63, 3.8) is 0 Å². The molecule has 2 heterocycles. The average molecular weight is 188 g/mol. The van der Waals surface area contributed by atoms with E-state index in [2.05, 4.69) is 50.3 Å². The second-order valence-electron chi connectivity index (χ2n) is 3.98. The third kappa shape index (κ3) is 1.52. The molecule has 0 spiro atoms. The van der Waals surface area contributed by atoms with Gasteiger partial charge in [-0.15, -0.1) is 0 Å². The molecule has 2 rings (SSSR count). The average Bonchev–Trinajstić information content (AvgIpc) is 2.59. The van der Waals surface area contributed by atoms with Crippen LogP contribution in [0.15, 0.2) is 24.4 Å². The standard InChI is InChI=1S/C12H16N2/c1-4-10-5-6-11-7-12(9(2)3)13-14(11)8-10/h5-9H,4H2,1-3H3. The van der Waals surface area contributed by atoms with Crippen LogP contribution in [0.25, 0.3) is 5.52 Å². The highest BCUT2D eigenvalue weighted by Crippen LogP contribution is 2.15. The van der Waals surface area contributed by atoms with E-state index in [1.807, 2.05) is 4.52 Å². The molecule has 14 heavy (non-hydrogen) atoms. The van der Waals surface area contributed by atoms with E-state index in [1.54, 1.807) is 0 Å². The Kier molecular flexibility index (Phi) is 2.28. The molecule has 0 aliphatic heterocycles. The lowest BCUT2D eigenvalue weighted by atomic mass is 10.1. The molecule has 0 atom stereocenters. The molecule has 0 unspecified atom stereocenters. The van der Waals surface area contributed by atoms with E-state index in [4.69, 9.17) is 0 Å². The van der Waals surface area contributed by atoms with Crippen LogP contribution in [0.3, 0.4) is 0 Å². The summed E-state index contributed by atoms with van der Waals surface area (Å²) in [4.78, 5) is 0. The number of hydrogen-bond donors (Lipinski definition) is 0. The van der Waals surface area contributed by atoms with Gasteiger partial charge in [0.1, 0.15) is 0 Å². The van der Waals surface area contributed by atoms with Crippen molar-refractivity contribution in [3.8, 4) is 0 Å². The maximum atomic E-state index is 4.54. The maximum Gasteiger partial charge on any atom is 0.0664 e. The third-order valence-electron chi connectivity index (χ3n) is 2.54. The molecular formula is C12H16N2. The first-order valence-electron chi connectivity index (χ1n) is 5.19. The van der Waals surface area contributed by atoms with Gasteiger partial charge in [-0.3, -0.25) is 0 Å². The van der Waals surface area contributed by atoms with Crippen molar-refractivity contribution in [2.24, 2.45) is 0 Å². The van der Waals surface area contributed by atoms with Crippen molar-refractivity contribution < 1.29 is 0 Å². The zero-order valence-corrected chi connectivity index (χ0v) is 8.99. The molecule has 0 N–H and O–H groups in total. The molecule has 2 heteroatoms. The Morgan fingerprint density at radius 1 is 1.36 bits per heavy atom. The highest BCUT2D eigenvalue weighted by molar-refractivity contribution is 5.48. The van der Waals surface area contributed by atoms with Crippen molar-refractivity contribution in [2.45, 2.75) is 33.1 Å². The normalized spacial score (nSPS) is 11.4. The van der Waals surface area contributed by atoms with Gasteiger partial charge < -0.3 is 0 Å². The molecule has 0 aromatic carbocycles. The fraction of sp³-hybridized carbons (Fsp3) is 0.417. The lowest BCUT2D eigenvalue weighted by molar-refractivity contribution is 0.786. The van der Waals surface area contributed by atoms with Gasteiger partial charge in [-0.2, -0.15) is 5.10 Å². The molecule has 0 saturated carbocycles. The SMILES string of the molecule is CCc1ccc2cc(C(C)C)nn2c1. The minimum atomic E-state index is 0.500. The number of rotatable bonds is 2. The Balaban J connectivity index is 2.54. The Bertz CT molecular complexity index is 441. The number of pyridine rings is 1. The van der Waals surface area contributed by atoms with Crippen LogP contribution in [0.5, 0.6) is 0 Å². The van der Waals surface area contributed by atoms with E-state index in [0.717, 1.165) is 6.42 Å². The molecular weight excluding hydrogens is 172 g/mol. The van der Waals surface area contributed by atoms with Crippen LogP contribution in [0.1, 0.15) is 37.9 Å².